The Bertz CT molecular complexity index is 5160. The molecule has 10 aromatic carbocycles. The van der Waals surface area contributed by atoms with Crippen molar-refractivity contribution in [2.75, 3.05) is 0 Å². The zero-order chi connectivity index (χ0) is 51.0. The minimum Gasteiger partial charge on any atom is -0.455 e. The van der Waals surface area contributed by atoms with Crippen LogP contribution in [0, 0.1) is 0 Å². The first-order chi connectivity index (χ1) is 38.7. The van der Waals surface area contributed by atoms with E-state index in [1.165, 1.54) is 31.3 Å². The van der Waals surface area contributed by atoms with Crippen LogP contribution in [0.25, 0.3) is 154 Å². The van der Waals surface area contributed by atoms with E-state index >= 15 is 0 Å². The molecular weight excluding hydrogens is 981 g/mol. The molecule has 18 rings (SSSR count). The van der Waals surface area contributed by atoms with E-state index in [9.17, 15) is 0 Å². The Morgan fingerprint density at radius 2 is 0.859 bits per heavy atom. The number of hydrogen-bond donors (Lipinski definition) is 0. The lowest BCUT2D eigenvalue weighted by atomic mass is 10.0. The molecule has 0 amide bonds. The van der Waals surface area contributed by atoms with Gasteiger partial charge in [0.25, 0.3) is 0 Å². The molecule has 8 heterocycles. The molecular formula is C66H38N10OS. The summed E-state index contributed by atoms with van der Waals surface area (Å²) in [5.74, 6) is 2.79. The Balaban J connectivity index is 0.000000126. The molecule has 0 aliphatic heterocycles. The van der Waals surface area contributed by atoms with Crippen molar-refractivity contribution in [1.82, 2.24) is 47.8 Å². The average molecular weight is 1020 g/mol. The molecule has 0 aliphatic rings. The van der Waals surface area contributed by atoms with Crippen molar-refractivity contribution in [3.05, 3.63) is 231 Å². The maximum Gasteiger partial charge on any atom is 0.237 e. The summed E-state index contributed by atoms with van der Waals surface area (Å²) >= 11 is 1.86. The molecule has 0 radical (unpaired) electrons. The minimum atomic E-state index is 0.594. The molecule has 8 aromatic heterocycles. The monoisotopic (exact) mass is 1020 g/mol. The fourth-order valence-electron chi connectivity index (χ4n) is 11.6. The summed E-state index contributed by atoms with van der Waals surface area (Å²) in [4.78, 5) is 29.4. The average Bonchev–Trinajstić information content (AvgIpc) is 4.55. The van der Waals surface area contributed by atoms with Gasteiger partial charge >= 0.3 is 0 Å². The molecule has 12 heteroatoms. The number of rotatable bonds is 4. The topological polar surface area (TPSA) is 109 Å². The number of thiophene rings is 1. The molecule has 0 atom stereocenters. The van der Waals surface area contributed by atoms with Crippen LogP contribution in [-0.4, -0.2) is 47.8 Å². The molecule has 0 saturated heterocycles. The van der Waals surface area contributed by atoms with Crippen molar-refractivity contribution in [2.24, 2.45) is 0 Å². The zero-order valence-corrected chi connectivity index (χ0v) is 42.0. The second-order valence-electron chi connectivity index (χ2n) is 19.6. The van der Waals surface area contributed by atoms with Crippen molar-refractivity contribution in [3.63, 3.8) is 0 Å². The summed E-state index contributed by atoms with van der Waals surface area (Å²) in [6.45, 7) is 0. The first-order valence-corrected chi connectivity index (χ1v) is 26.6. The van der Waals surface area contributed by atoms with Crippen LogP contribution in [0.3, 0.4) is 0 Å². The molecule has 364 valence electrons. The molecule has 0 unspecified atom stereocenters. The lowest BCUT2D eigenvalue weighted by molar-refractivity contribution is 0.670. The SMILES string of the molecule is c1ccc2nc(-n3c4ccc(-c5cccc6c5oc5ccccc56)cc4n4c5ccccc5nc34)ncc2c1.c1ccc2nc(-n3c4ccc(-c5cccc6c5sc5ccccc56)cc4n4c5ccccc5nc34)ncc2c1. The van der Waals surface area contributed by atoms with Gasteiger partial charge in [0.05, 0.1) is 55.2 Å². The number of furan rings is 1. The molecule has 11 nitrogen and oxygen atoms in total. The molecule has 78 heavy (non-hydrogen) atoms. The van der Waals surface area contributed by atoms with Gasteiger partial charge in [-0.15, -0.1) is 11.3 Å². The van der Waals surface area contributed by atoms with Gasteiger partial charge in [0, 0.05) is 59.7 Å². The molecule has 0 N–H and O–H groups in total. The van der Waals surface area contributed by atoms with Gasteiger partial charge in [-0.3, -0.25) is 8.80 Å². The number of aromatic nitrogens is 10. The Morgan fingerprint density at radius 3 is 1.50 bits per heavy atom. The summed E-state index contributed by atoms with van der Waals surface area (Å²) in [6, 6.07) is 75.6. The van der Waals surface area contributed by atoms with Crippen molar-refractivity contribution < 1.29 is 4.42 Å². The van der Waals surface area contributed by atoms with E-state index in [1.807, 2.05) is 113 Å². The van der Waals surface area contributed by atoms with Gasteiger partial charge in [0.1, 0.15) is 11.2 Å². The highest BCUT2D eigenvalue weighted by atomic mass is 32.1. The van der Waals surface area contributed by atoms with Gasteiger partial charge in [-0.2, -0.15) is 0 Å². The van der Waals surface area contributed by atoms with Crippen LogP contribution in [0.2, 0.25) is 0 Å². The fraction of sp³-hybridized carbons (Fsp3) is 0. The second kappa shape index (κ2) is 16.5. The summed E-state index contributed by atoms with van der Waals surface area (Å²) in [5, 5.41) is 6.86. The van der Waals surface area contributed by atoms with Gasteiger partial charge < -0.3 is 4.42 Å². The maximum absolute atomic E-state index is 6.36. The van der Waals surface area contributed by atoms with Gasteiger partial charge in [-0.1, -0.05) is 146 Å². The third kappa shape index (κ3) is 6.31. The minimum absolute atomic E-state index is 0.594. The summed E-state index contributed by atoms with van der Waals surface area (Å²) in [5.41, 5.74) is 16.2. The highest BCUT2D eigenvalue weighted by molar-refractivity contribution is 7.26. The highest BCUT2D eigenvalue weighted by Gasteiger charge is 2.23. The summed E-state index contributed by atoms with van der Waals surface area (Å²) in [6.07, 6.45) is 3.76. The number of para-hydroxylation sites is 8. The van der Waals surface area contributed by atoms with Crippen LogP contribution in [0.15, 0.2) is 235 Å². The Hall–Kier alpha value is -10.6. The number of hydrogen-bond acceptors (Lipinski definition) is 8. The summed E-state index contributed by atoms with van der Waals surface area (Å²) < 4.78 is 17.5. The summed E-state index contributed by atoms with van der Waals surface area (Å²) in [7, 11) is 0. The predicted octanol–water partition coefficient (Wildman–Crippen LogP) is 16.4. The van der Waals surface area contributed by atoms with Crippen LogP contribution in [0.5, 0.6) is 0 Å². The van der Waals surface area contributed by atoms with Crippen LogP contribution in [0.1, 0.15) is 0 Å². The standard InChI is InChI=1S/C33H19N5O.C33H19N5S/c2*1-3-12-25-21(8-1)19-34-32(35-25)38-28-17-16-20(18-29(28)37-27-14-5-4-13-26(27)36-33(37)38)22-10-7-11-24-23-9-2-6-15-30(23)39-31(22)24/h2*1-19H. The third-order valence-electron chi connectivity index (χ3n) is 15.2. The quantitative estimate of drug-likeness (QED) is 0.173. The lowest BCUT2D eigenvalue weighted by Gasteiger charge is -2.07. The van der Waals surface area contributed by atoms with Crippen molar-refractivity contribution in [1.29, 1.82) is 0 Å². The normalized spacial score (nSPS) is 12.1. The van der Waals surface area contributed by atoms with Gasteiger partial charge in [-0.05, 0) is 89.5 Å². The molecule has 0 bridgehead atoms. The second-order valence-corrected chi connectivity index (χ2v) is 20.6. The van der Waals surface area contributed by atoms with E-state index in [4.69, 9.17) is 34.3 Å². The molecule has 0 aliphatic carbocycles. The van der Waals surface area contributed by atoms with Crippen molar-refractivity contribution in [2.45, 2.75) is 0 Å². The largest absolute Gasteiger partial charge is 0.455 e. The van der Waals surface area contributed by atoms with E-state index in [0.717, 1.165) is 111 Å². The van der Waals surface area contributed by atoms with Crippen LogP contribution < -0.4 is 0 Å². The molecule has 0 saturated carbocycles. The molecule has 18 aromatic rings. The van der Waals surface area contributed by atoms with Gasteiger partial charge in [0.15, 0.2) is 0 Å². The Labute approximate surface area is 445 Å². The van der Waals surface area contributed by atoms with E-state index in [0.29, 0.717) is 11.9 Å². The van der Waals surface area contributed by atoms with Crippen LogP contribution in [-0.2, 0) is 0 Å². The van der Waals surface area contributed by atoms with E-state index in [-0.39, 0.29) is 0 Å². The third-order valence-corrected chi connectivity index (χ3v) is 16.4. The predicted molar refractivity (Wildman–Crippen MR) is 316 cm³/mol. The molecule has 0 fully saturated rings. The van der Waals surface area contributed by atoms with Crippen LogP contribution in [0.4, 0.5) is 0 Å². The molecule has 0 spiro atoms. The fourth-order valence-corrected chi connectivity index (χ4v) is 12.9. The number of benzene rings is 10. The van der Waals surface area contributed by atoms with Crippen molar-refractivity contribution >= 4 is 131 Å². The Kier molecular flexibility index (Phi) is 9.03. The number of imidazole rings is 4. The van der Waals surface area contributed by atoms with E-state index in [2.05, 4.69) is 147 Å². The van der Waals surface area contributed by atoms with E-state index in [1.54, 1.807) is 0 Å². The number of nitrogens with zero attached hydrogens (tertiary/aromatic N) is 10. The van der Waals surface area contributed by atoms with Crippen LogP contribution >= 0.6 is 11.3 Å². The van der Waals surface area contributed by atoms with Gasteiger partial charge in [-0.25, -0.2) is 39.0 Å². The Morgan fingerprint density at radius 1 is 0.359 bits per heavy atom. The zero-order valence-electron chi connectivity index (χ0n) is 41.2. The first kappa shape index (κ1) is 42.8. The van der Waals surface area contributed by atoms with Crippen molar-refractivity contribution in [3.8, 4) is 34.2 Å². The first-order valence-electron chi connectivity index (χ1n) is 25.8. The van der Waals surface area contributed by atoms with E-state index < -0.39 is 0 Å². The maximum atomic E-state index is 6.36. The van der Waals surface area contributed by atoms with Gasteiger partial charge in [0.2, 0.25) is 23.5 Å². The highest BCUT2D eigenvalue weighted by Crippen LogP contribution is 2.42. The lowest BCUT2D eigenvalue weighted by Crippen LogP contribution is -2.01. The number of fused-ring (bicyclic) bond motifs is 18. The smallest absolute Gasteiger partial charge is 0.237 e.